The van der Waals surface area contributed by atoms with Crippen LogP contribution in [0.5, 0.6) is 5.75 Å². The number of amides is 1. The highest BCUT2D eigenvalue weighted by Gasteiger charge is 2.14. The van der Waals surface area contributed by atoms with Gasteiger partial charge in [0, 0.05) is 26.4 Å². The third-order valence-corrected chi connectivity index (χ3v) is 2.37. The van der Waals surface area contributed by atoms with Gasteiger partial charge in [-0.05, 0) is 6.07 Å². The molecule has 0 aromatic carbocycles. The van der Waals surface area contributed by atoms with Crippen molar-refractivity contribution in [3.8, 4) is 5.75 Å². The molecule has 0 N–H and O–H groups in total. The summed E-state index contributed by atoms with van der Waals surface area (Å²) in [6.07, 6.45) is 3.33. The van der Waals surface area contributed by atoms with Crippen molar-refractivity contribution in [2.75, 3.05) is 21.2 Å². The molecule has 0 atom stereocenters. The normalized spacial score (nSPS) is 10.4. The van der Waals surface area contributed by atoms with E-state index in [9.17, 15) is 4.79 Å². The molecule has 2 aromatic heterocycles. The van der Waals surface area contributed by atoms with Crippen molar-refractivity contribution in [1.29, 1.82) is 0 Å². The van der Waals surface area contributed by atoms with Crippen molar-refractivity contribution < 1.29 is 9.53 Å². The summed E-state index contributed by atoms with van der Waals surface area (Å²) < 4.78 is 6.77. The molecule has 2 rings (SSSR count). The van der Waals surface area contributed by atoms with Gasteiger partial charge in [-0.2, -0.15) is 5.10 Å². The van der Waals surface area contributed by atoms with Gasteiger partial charge in [0.2, 0.25) is 0 Å². The number of fused-ring (bicyclic) bond motifs is 1. The van der Waals surface area contributed by atoms with Crippen LogP contribution in [-0.4, -0.2) is 41.6 Å². The molecule has 16 heavy (non-hydrogen) atoms. The Morgan fingerprint density at radius 3 is 2.88 bits per heavy atom. The number of rotatable bonds is 2. The van der Waals surface area contributed by atoms with Gasteiger partial charge in [-0.15, -0.1) is 0 Å². The van der Waals surface area contributed by atoms with E-state index in [0.717, 1.165) is 5.52 Å². The highest BCUT2D eigenvalue weighted by Crippen LogP contribution is 2.18. The number of aromatic nitrogens is 2. The number of ether oxygens (including phenoxy) is 1. The lowest BCUT2D eigenvalue weighted by Gasteiger charge is -2.08. The van der Waals surface area contributed by atoms with Crippen molar-refractivity contribution >= 4 is 11.4 Å². The number of nitrogens with zero attached hydrogens (tertiary/aromatic N) is 3. The van der Waals surface area contributed by atoms with Gasteiger partial charge in [0.25, 0.3) is 5.91 Å². The van der Waals surface area contributed by atoms with Crippen LogP contribution in [0.15, 0.2) is 24.5 Å². The standard InChI is InChI=1S/C11H13N3O2/c1-13(2)11(15)9-7-12-14-5-4-8(16-3)6-10(9)14/h4-7H,1-3H3. The van der Waals surface area contributed by atoms with Crippen LogP contribution in [0.25, 0.3) is 5.52 Å². The number of hydrogen-bond donors (Lipinski definition) is 0. The van der Waals surface area contributed by atoms with Crippen molar-refractivity contribution in [2.45, 2.75) is 0 Å². The SMILES string of the molecule is COc1ccn2ncc(C(=O)N(C)C)c2c1. The van der Waals surface area contributed by atoms with E-state index in [4.69, 9.17) is 4.74 Å². The first kappa shape index (κ1) is 10.5. The van der Waals surface area contributed by atoms with E-state index in [1.807, 2.05) is 0 Å². The summed E-state index contributed by atoms with van der Waals surface area (Å²) in [6.45, 7) is 0. The lowest BCUT2D eigenvalue weighted by atomic mass is 10.2. The van der Waals surface area contributed by atoms with Crippen LogP contribution in [0, 0.1) is 0 Å². The maximum Gasteiger partial charge on any atom is 0.257 e. The molecule has 0 fully saturated rings. The highest BCUT2D eigenvalue weighted by molar-refractivity contribution is 6.00. The van der Waals surface area contributed by atoms with Gasteiger partial charge in [0.15, 0.2) is 0 Å². The minimum Gasteiger partial charge on any atom is -0.497 e. The number of methoxy groups -OCH3 is 1. The maximum absolute atomic E-state index is 11.9. The van der Waals surface area contributed by atoms with Crippen LogP contribution in [0.4, 0.5) is 0 Å². The first-order valence-electron chi connectivity index (χ1n) is 4.86. The van der Waals surface area contributed by atoms with Gasteiger partial charge in [-0.1, -0.05) is 0 Å². The zero-order valence-corrected chi connectivity index (χ0v) is 9.47. The summed E-state index contributed by atoms with van der Waals surface area (Å²) in [5.41, 5.74) is 1.32. The number of carbonyl (C=O) groups excluding carboxylic acids is 1. The van der Waals surface area contributed by atoms with E-state index >= 15 is 0 Å². The minimum absolute atomic E-state index is 0.0664. The predicted molar refractivity (Wildman–Crippen MR) is 59.8 cm³/mol. The van der Waals surface area contributed by atoms with E-state index in [-0.39, 0.29) is 5.91 Å². The highest BCUT2D eigenvalue weighted by atomic mass is 16.5. The van der Waals surface area contributed by atoms with Crippen molar-refractivity contribution in [1.82, 2.24) is 14.5 Å². The quantitative estimate of drug-likeness (QED) is 0.758. The molecule has 5 heteroatoms. The summed E-state index contributed by atoms with van der Waals surface area (Å²) in [6, 6.07) is 3.59. The topological polar surface area (TPSA) is 46.8 Å². The second kappa shape index (κ2) is 3.84. The lowest BCUT2D eigenvalue weighted by molar-refractivity contribution is 0.0829. The third kappa shape index (κ3) is 1.60. The summed E-state index contributed by atoms with van der Waals surface area (Å²) in [7, 11) is 5.02. The Labute approximate surface area is 93.2 Å². The molecule has 0 saturated heterocycles. The average Bonchev–Trinajstić information content (AvgIpc) is 2.70. The summed E-state index contributed by atoms with van der Waals surface area (Å²) >= 11 is 0. The Hall–Kier alpha value is -2.04. The Kier molecular flexibility index (Phi) is 2.52. The molecule has 2 aromatic rings. The van der Waals surface area contributed by atoms with E-state index in [2.05, 4.69) is 5.10 Å². The van der Waals surface area contributed by atoms with Crippen LogP contribution in [0.2, 0.25) is 0 Å². The van der Waals surface area contributed by atoms with Crippen LogP contribution in [0.1, 0.15) is 10.4 Å². The fraction of sp³-hybridized carbons (Fsp3) is 0.273. The van der Waals surface area contributed by atoms with Crippen LogP contribution in [-0.2, 0) is 0 Å². The fourth-order valence-electron chi connectivity index (χ4n) is 1.49. The van der Waals surface area contributed by atoms with E-state index in [1.165, 1.54) is 4.90 Å². The summed E-state index contributed by atoms with van der Waals surface area (Å²) in [5.74, 6) is 0.643. The van der Waals surface area contributed by atoms with Crippen molar-refractivity contribution in [2.24, 2.45) is 0 Å². The first-order chi connectivity index (χ1) is 7.63. The molecule has 0 bridgehead atoms. The van der Waals surface area contributed by atoms with Crippen molar-refractivity contribution in [3.63, 3.8) is 0 Å². The largest absolute Gasteiger partial charge is 0.497 e. The Balaban J connectivity index is 2.58. The second-order valence-corrected chi connectivity index (χ2v) is 3.65. The molecule has 0 radical (unpaired) electrons. The van der Waals surface area contributed by atoms with Crippen molar-refractivity contribution in [3.05, 3.63) is 30.1 Å². The number of hydrogen-bond acceptors (Lipinski definition) is 3. The van der Waals surface area contributed by atoms with Crippen LogP contribution in [0.3, 0.4) is 0 Å². The number of pyridine rings is 1. The molecule has 0 unspecified atom stereocenters. The second-order valence-electron chi connectivity index (χ2n) is 3.65. The van der Waals surface area contributed by atoms with Gasteiger partial charge in [0.1, 0.15) is 5.75 Å². The minimum atomic E-state index is -0.0664. The van der Waals surface area contributed by atoms with Gasteiger partial charge < -0.3 is 9.64 Å². The van der Waals surface area contributed by atoms with E-state index in [0.29, 0.717) is 11.3 Å². The molecule has 5 nitrogen and oxygen atoms in total. The molecule has 2 heterocycles. The predicted octanol–water partition coefficient (Wildman–Crippen LogP) is 1.04. The first-order valence-corrected chi connectivity index (χ1v) is 4.86. The molecule has 0 aliphatic carbocycles. The summed E-state index contributed by atoms with van der Waals surface area (Å²) in [5, 5.41) is 4.11. The molecule has 0 aliphatic heterocycles. The molecule has 0 aliphatic rings. The Morgan fingerprint density at radius 2 is 2.25 bits per heavy atom. The smallest absolute Gasteiger partial charge is 0.257 e. The zero-order valence-electron chi connectivity index (χ0n) is 9.47. The van der Waals surface area contributed by atoms with E-state index in [1.54, 1.807) is 50.2 Å². The van der Waals surface area contributed by atoms with Gasteiger partial charge >= 0.3 is 0 Å². The van der Waals surface area contributed by atoms with Crippen LogP contribution >= 0.6 is 0 Å². The Bertz CT molecular complexity index is 531. The Morgan fingerprint density at radius 1 is 1.50 bits per heavy atom. The van der Waals surface area contributed by atoms with Gasteiger partial charge in [-0.3, -0.25) is 4.79 Å². The molecule has 1 amide bonds. The van der Waals surface area contributed by atoms with Crippen LogP contribution < -0.4 is 4.74 Å². The fourth-order valence-corrected chi connectivity index (χ4v) is 1.49. The van der Waals surface area contributed by atoms with Gasteiger partial charge in [-0.25, -0.2) is 4.52 Å². The summed E-state index contributed by atoms with van der Waals surface area (Å²) in [4.78, 5) is 13.4. The third-order valence-electron chi connectivity index (χ3n) is 2.37. The average molecular weight is 219 g/mol. The molecule has 0 spiro atoms. The molecular weight excluding hydrogens is 206 g/mol. The van der Waals surface area contributed by atoms with E-state index < -0.39 is 0 Å². The molecular formula is C11H13N3O2. The number of carbonyl (C=O) groups is 1. The lowest BCUT2D eigenvalue weighted by Crippen LogP contribution is -2.21. The monoisotopic (exact) mass is 219 g/mol. The molecule has 0 saturated carbocycles. The maximum atomic E-state index is 11.9. The zero-order chi connectivity index (χ0) is 11.7. The molecule has 84 valence electrons. The van der Waals surface area contributed by atoms with Gasteiger partial charge in [0.05, 0.1) is 24.4 Å².